The zero-order valence-electron chi connectivity index (χ0n) is 20.0. The van der Waals surface area contributed by atoms with Gasteiger partial charge in [0.15, 0.2) is 11.5 Å². The summed E-state index contributed by atoms with van der Waals surface area (Å²) in [4.78, 5) is 35.8. The van der Waals surface area contributed by atoms with E-state index in [1.165, 1.54) is 37.5 Å². The number of nitriles is 1. The number of nitro benzene ring substituents is 1. The van der Waals surface area contributed by atoms with E-state index in [0.717, 1.165) is 0 Å². The van der Waals surface area contributed by atoms with Gasteiger partial charge in [-0.3, -0.25) is 14.9 Å². The Morgan fingerprint density at radius 3 is 2.39 bits per heavy atom. The number of amides is 1. The maximum atomic E-state index is 12.8. The fourth-order valence-corrected chi connectivity index (χ4v) is 4.14. The Bertz CT molecular complexity index is 1460. The number of non-ortho nitro benzene ring substituents is 1. The van der Waals surface area contributed by atoms with E-state index in [0.29, 0.717) is 21.3 Å². The topological polar surface area (TPSA) is 141 Å². The number of nitrogens with one attached hydrogen (secondary N) is 1. The first-order valence-corrected chi connectivity index (χ1v) is 12.4. The second-order valence-corrected chi connectivity index (χ2v) is 9.13. The van der Waals surface area contributed by atoms with Crippen LogP contribution in [0.5, 0.6) is 17.2 Å². The summed E-state index contributed by atoms with van der Waals surface area (Å²) in [6.45, 7) is 2.01. The van der Waals surface area contributed by atoms with Gasteiger partial charge in [-0.05, 0) is 92.9 Å². The first kappa shape index (κ1) is 28.4. The minimum atomic E-state index is -0.730. The van der Waals surface area contributed by atoms with Gasteiger partial charge in [-0.2, -0.15) is 5.26 Å². The Labute approximate surface area is 234 Å². The Hall–Kier alpha value is -4.21. The van der Waals surface area contributed by atoms with E-state index in [9.17, 15) is 25.0 Å². The summed E-state index contributed by atoms with van der Waals surface area (Å²) in [6.07, 6.45) is 1.33. The normalized spacial score (nSPS) is 10.8. The second kappa shape index (κ2) is 12.8. The third kappa shape index (κ3) is 6.96. The molecule has 0 bridgehead atoms. The number of carbonyl (C=O) groups excluding carboxylic acids is 2. The summed E-state index contributed by atoms with van der Waals surface area (Å²) < 4.78 is 16.9. The number of carbonyl (C=O) groups is 2. The van der Waals surface area contributed by atoms with Crippen molar-refractivity contribution >= 4 is 61.2 Å². The number of methoxy groups -OCH3 is 1. The van der Waals surface area contributed by atoms with Gasteiger partial charge in [-0.25, -0.2) is 4.79 Å². The second-order valence-electron chi connectivity index (χ2n) is 7.43. The smallest absolute Gasteiger partial charge is 0.343 e. The monoisotopic (exact) mass is 643 g/mol. The summed E-state index contributed by atoms with van der Waals surface area (Å²) >= 11 is 6.55. The third-order valence-corrected chi connectivity index (χ3v) is 6.19. The number of benzene rings is 3. The molecule has 0 spiro atoms. The van der Waals surface area contributed by atoms with Crippen molar-refractivity contribution < 1.29 is 28.7 Å². The molecule has 0 atom stereocenters. The van der Waals surface area contributed by atoms with Crippen LogP contribution >= 0.6 is 31.9 Å². The van der Waals surface area contributed by atoms with Crippen molar-refractivity contribution in [3.63, 3.8) is 0 Å². The van der Waals surface area contributed by atoms with Gasteiger partial charge < -0.3 is 19.5 Å². The lowest BCUT2D eigenvalue weighted by Crippen LogP contribution is -2.14. The minimum absolute atomic E-state index is 0.127. The maximum Gasteiger partial charge on any atom is 0.343 e. The number of rotatable bonds is 9. The zero-order valence-corrected chi connectivity index (χ0v) is 23.2. The van der Waals surface area contributed by atoms with E-state index in [4.69, 9.17) is 14.2 Å². The number of anilines is 1. The lowest BCUT2D eigenvalue weighted by Gasteiger charge is -2.14. The summed E-state index contributed by atoms with van der Waals surface area (Å²) in [5.41, 5.74) is 0.558. The highest BCUT2D eigenvalue weighted by atomic mass is 79.9. The summed E-state index contributed by atoms with van der Waals surface area (Å²) in [5.74, 6) is -0.421. The van der Waals surface area contributed by atoms with Crippen LogP contribution in [0.25, 0.3) is 6.08 Å². The van der Waals surface area contributed by atoms with Gasteiger partial charge in [0, 0.05) is 16.6 Å². The molecule has 3 rings (SSSR count). The van der Waals surface area contributed by atoms with E-state index in [1.54, 1.807) is 37.3 Å². The van der Waals surface area contributed by atoms with Crippen LogP contribution in [-0.4, -0.2) is 30.5 Å². The van der Waals surface area contributed by atoms with Gasteiger partial charge in [0.05, 0.1) is 34.4 Å². The molecule has 0 saturated heterocycles. The van der Waals surface area contributed by atoms with Gasteiger partial charge in [-0.15, -0.1) is 0 Å². The quantitative estimate of drug-likeness (QED) is 0.0715. The van der Waals surface area contributed by atoms with Crippen molar-refractivity contribution in [3.05, 3.63) is 90.4 Å². The summed E-state index contributed by atoms with van der Waals surface area (Å²) in [7, 11) is 1.52. The molecule has 0 heterocycles. The molecule has 0 aliphatic carbocycles. The molecule has 0 aromatic heterocycles. The molecule has 1 N–H and O–H groups in total. The molecule has 194 valence electrons. The fourth-order valence-electron chi connectivity index (χ4n) is 3.14. The summed E-state index contributed by atoms with van der Waals surface area (Å²) in [5, 5.41) is 23.1. The van der Waals surface area contributed by atoms with Crippen LogP contribution in [-0.2, 0) is 4.79 Å². The number of nitrogens with zero attached hydrogens (tertiary/aromatic N) is 2. The zero-order chi connectivity index (χ0) is 27.8. The molecule has 0 fully saturated rings. The lowest BCUT2D eigenvalue weighted by molar-refractivity contribution is -0.384. The molecular formula is C26H19Br2N3O7. The SMILES string of the molecule is CCOc1cc(C=C(C#N)C(=O)Nc2ccc([N+](=O)[O-])cc2Br)cc(Br)c1OC(=O)c1ccc(OC)cc1. The van der Waals surface area contributed by atoms with Crippen molar-refractivity contribution in [1.82, 2.24) is 0 Å². The van der Waals surface area contributed by atoms with Gasteiger partial charge in [0.1, 0.15) is 17.4 Å². The molecule has 3 aromatic rings. The van der Waals surface area contributed by atoms with E-state index < -0.39 is 16.8 Å². The Morgan fingerprint density at radius 1 is 1.11 bits per heavy atom. The number of nitro groups is 1. The molecule has 0 aliphatic rings. The van der Waals surface area contributed by atoms with Gasteiger partial charge >= 0.3 is 5.97 Å². The molecule has 10 nitrogen and oxygen atoms in total. The minimum Gasteiger partial charge on any atom is -0.497 e. The molecule has 38 heavy (non-hydrogen) atoms. The average Bonchev–Trinajstić information content (AvgIpc) is 2.90. The van der Waals surface area contributed by atoms with Crippen LogP contribution in [0.1, 0.15) is 22.8 Å². The third-order valence-electron chi connectivity index (χ3n) is 4.94. The molecule has 3 aromatic carbocycles. The highest BCUT2D eigenvalue weighted by Crippen LogP contribution is 2.38. The molecule has 0 aliphatic heterocycles. The standard InChI is InChI=1S/C26H19Br2N3O7/c1-3-37-23-12-15(11-21(28)24(23)38-26(33)16-4-7-19(36-2)8-5-16)10-17(14-29)25(32)30-22-9-6-18(31(34)35)13-20(22)27/h4-13H,3H2,1-2H3,(H,30,32). The van der Waals surface area contributed by atoms with Crippen molar-refractivity contribution in [3.8, 4) is 23.3 Å². The number of esters is 1. The van der Waals surface area contributed by atoms with Crippen molar-refractivity contribution in [2.24, 2.45) is 0 Å². The molecule has 12 heteroatoms. The van der Waals surface area contributed by atoms with Crippen molar-refractivity contribution in [1.29, 1.82) is 5.26 Å². The lowest BCUT2D eigenvalue weighted by atomic mass is 10.1. The first-order chi connectivity index (χ1) is 18.2. The average molecular weight is 645 g/mol. The highest BCUT2D eigenvalue weighted by molar-refractivity contribution is 9.11. The van der Waals surface area contributed by atoms with Gasteiger partial charge in [0.2, 0.25) is 0 Å². The number of ether oxygens (including phenoxy) is 3. The van der Waals surface area contributed by atoms with Crippen LogP contribution in [0.3, 0.4) is 0 Å². The number of hydrogen-bond acceptors (Lipinski definition) is 8. The maximum absolute atomic E-state index is 12.8. The van der Waals surface area contributed by atoms with Gasteiger partial charge in [-0.1, -0.05) is 0 Å². The predicted octanol–water partition coefficient (Wildman–Crippen LogP) is 6.29. The van der Waals surface area contributed by atoms with E-state index in [2.05, 4.69) is 37.2 Å². The van der Waals surface area contributed by atoms with Crippen LogP contribution in [0.4, 0.5) is 11.4 Å². The van der Waals surface area contributed by atoms with E-state index >= 15 is 0 Å². The fraction of sp³-hybridized carbons (Fsp3) is 0.115. The predicted molar refractivity (Wildman–Crippen MR) is 146 cm³/mol. The Kier molecular flexibility index (Phi) is 9.59. The van der Waals surface area contributed by atoms with Crippen LogP contribution in [0.2, 0.25) is 0 Å². The molecule has 0 radical (unpaired) electrons. The molecule has 0 saturated carbocycles. The largest absolute Gasteiger partial charge is 0.497 e. The number of hydrogen-bond donors (Lipinski definition) is 1. The van der Waals surface area contributed by atoms with E-state index in [-0.39, 0.29) is 39.5 Å². The van der Waals surface area contributed by atoms with E-state index in [1.807, 2.05) is 6.07 Å². The van der Waals surface area contributed by atoms with Crippen molar-refractivity contribution in [2.45, 2.75) is 6.92 Å². The van der Waals surface area contributed by atoms with Crippen molar-refractivity contribution in [2.75, 3.05) is 19.0 Å². The first-order valence-electron chi connectivity index (χ1n) is 10.9. The van der Waals surface area contributed by atoms with Crippen LogP contribution < -0.4 is 19.5 Å². The molecule has 1 amide bonds. The Morgan fingerprint density at radius 2 is 1.82 bits per heavy atom. The Balaban J connectivity index is 1.87. The molecular weight excluding hydrogens is 626 g/mol. The summed E-state index contributed by atoms with van der Waals surface area (Å²) in [6, 6.07) is 15.1. The van der Waals surface area contributed by atoms with Gasteiger partial charge in [0.25, 0.3) is 11.6 Å². The highest BCUT2D eigenvalue weighted by Gasteiger charge is 2.19. The van der Waals surface area contributed by atoms with Crippen LogP contribution in [0.15, 0.2) is 69.1 Å². The molecule has 0 unspecified atom stereocenters. The number of halogens is 2. The van der Waals surface area contributed by atoms with Crippen LogP contribution in [0, 0.1) is 21.4 Å².